The lowest BCUT2D eigenvalue weighted by Crippen LogP contribution is -2.36. The molecule has 12 nitrogen and oxygen atoms in total. The van der Waals surface area contributed by atoms with Crippen molar-refractivity contribution in [1.82, 2.24) is 39.2 Å². The van der Waals surface area contributed by atoms with E-state index in [1.54, 1.807) is 52.0 Å². The van der Waals surface area contributed by atoms with Crippen LogP contribution in [0.2, 0.25) is 0 Å². The van der Waals surface area contributed by atoms with Crippen LogP contribution in [0, 0.1) is 6.92 Å². The van der Waals surface area contributed by atoms with Crippen LogP contribution in [0.15, 0.2) is 48.5 Å². The molecule has 2 N–H and O–H groups in total. The number of nitrogens with one attached hydrogen (secondary N) is 2. The number of pyridine rings is 2. The van der Waals surface area contributed by atoms with Crippen LogP contribution in [-0.4, -0.2) is 64.2 Å². The first kappa shape index (κ1) is 23.9. The lowest BCUT2D eigenvalue weighted by Gasteiger charge is -2.25. The number of fused-ring (bicyclic) bond motifs is 2. The van der Waals surface area contributed by atoms with Crippen molar-refractivity contribution in [3.05, 3.63) is 70.6 Å². The summed E-state index contributed by atoms with van der Waals surface area (Å²) in [6.45, 7) is 3.50. The smallest absolute Gasteiger partial charge is 0.294 e. The van der Waals surface area contributed by atoms with Crippen LogP contribution in [0.4, 0.5) is 11.4 Å². The average molecular weight is 529 g/mol. The van der Waals surface area contributed by atoms with Crippen molar-refractivity contribution in [2.24, 2.45) is 7.05 Å². The fourth-order valence-electron chi connectivity index (χ4n) is 4.42. The van der Waals surface area contributed by atoms with Crippen LogP contribution in [0.1, 0.15) is 26.9 Å². The molecule has 192 valence electrons. The number of aromatic nitrogens is 7. The molecule has 38 heavy (non-hydrogen) atoms. The molecule has 2 amide bonds. The van der Waals surface area contributed by atoms with E-state index in [9.17, 15) is 9.59 Å². The van der Waals surface area contributed by atoms with E-state index in [4.69, 9.17) is 0 Å². The van der Waals surface area contributed by atoms with Gasteiger partial charge in [-0.3, -0.25) is 28.6 Å². The Hall–Kier alpha value is -4.49. The zero-order chi connectivity index (χ0) is 26.2. The molecule has 0 bridgehead atoms. The molecule has 0 saturated heterocycles. The SMILES string of the molecule is Cc1ncc(NC(=O)CN2CCc3scnc3C2)cc1NC(=O)c1nnc2cc(-c3cnn(C)c3)ccn12. The molecule has 0 unspecified atom stereocenters. The number of carbonyl (C=O) groups excluding carboxylic acids is 2. The van der Waals surface area contributed by atoms with E-state index in [-0.39, 0.29) is 18.3 Å². The van der Waals surface area contributed by atoms with Gasteiger partial charge in [0.1, 0.15) is 0 Å². The Morgan fingerprint density at radius 2 is 2.00 bits per heavy atom. The van der Waals surface area contributed by atoms with Crippen molar-refractivity contribution >= 4 is 40.2 Å². The summed E-state index contributed by atoms with van der Waals surface area (Å²) in [5.74, 6) is -0.454. The molecule has 0 atom stereocenters. The quantitative estimate of drug-likeness (QED) is 0.343. The van der Waals surface area contributed by atoms with Crippen molar-refractivity contribution in [2.45, 2.75) is 19.9 Å². The van der Waals surface area contributed by atoms with Crippen molar-refractivity contribution in [3.63, 3.8) is 0 Å². The van der Waals surface area contributed by atoms with E-state index < -0.39 is 5.91 Å². The van der Waals surface area contributed by atoms with Gasteiger partial charge in [0, 0.05) is 43.0 Å². The summed E-state index contributed by atoms with van der Waals surface area (Å²) >= 11 is 1.66. The number of amides is 2. The highest BCUT2D eigenvalue weighted by atomic mass is 32.1. The molecule has 1 aliphatic rings. The maximum Gasteiger partial charge on any atom is 0.294 e. The number of hydrogen-bond donors (Lipinski definition) is 2. The molecule has 5 aromatic heterocycles. The number of rotatable bonds is 6. The molecule has 0 aromatic carbocycles. The minimum atomic E-state index is -0.438. The van der Waals surface area contributed by atoms with E-state index >= 15 is 0 Å². The minimum absolute atomic E-state index is 0.137. The highest BCUT2D eigenvalue weighted by molar-refractivity contribution is 7.09. The Morgan fingerprint density at radius 1 is 1.11 bits per heavy atom. The van der Waals surface area contributed by atoms with Crippen molar-refractivity contribution in [1.29, 1.82) is 0 Å². The summed E-state index contributed by atoms with van der Waals surface area (Å²) in [7, 11) is 1.85. The molecule has 0 fully saturated rings. The lowest BCUT2D eigenvalue weighted by molar-refractivity contribution is -0.117. The predicted octanol–water partition coefficient (Wildman–Crippen LogP) is 2.54. The normalized spacial score (nSPS) is 13.4. The molecular weight excluding hydrogens is 504 g/mol. The summed E-state index contributed by atoms with van der Waals surface area (Å²) in [4.78, 5) is 37.9. The standard InChI is InChI=1S/C25H24N10O2S/c1-15-19(8-18(10-26-15)29-23(36)13-34-5-4-21-20(12-34)27-14-38-21)30-25(37)24-32-31-22-7-16(3-6-35(22)24)17-9-28-33(2)11-17/h3,6-11,14H,4-5,12-13H2,1-2H3,(H,29,36)(H,30,37). The van der Waals surface area contributed by atoms with Crippen LogP contribution in [0.25, 0.3) is 16.8 Å². The van der Waals surface area contributed by atoms with Crippen LogP contribution in [0.5, 0.6) is 0 Å². The lowest BCUT2D eigenvalue weighted by atomic mass is 10.1. The monoisotopic (exact) mass is 528 g/mol. The summed E-state index contributed by atoms with van der Waals surface area (Å²) in [5, 5.41) is 18.2. The van der Waals surface area contributed by atoms with Crippen LogP contribution < -0.4 is 10.6 Å². The topological polar surface area (TPSA) is 135 Å². The zero-order valence-corrected chi connectivity index (χ0v) is 21.6. The van der Waals surface area contributed by atoms with Crippen LogP contribution >= 0.6 is 11.3 Å². The number of carbonyl (C=O) groups is 2. The fourth-order valence-corrected chi connectivity index (χ4v) is 5.19. The minimum Gasteiger partial charge on any atom is -0.324 e. The summed E-state index contributed by atoms with van der Waals surface area (Å²) in [5.41, 5.74) is 6.87. The third-order valence-electron chi connectivity index (χ3n) is 6.39. The Kier molecular flexibility index (Phi) is 6.13. The highest BCUT2D eigenvalue weighted by Gasteiger charge is 2.21. The van der Waals surface area contributed by atoms with Gasteiger partial charge in [0.2, 0.25) is 11.7 Å². The molecule has 0 radical (unpaired) electrons. The summed E-state index contributed by atoms with van der Waals surface area (Å²) in [6, 6.07) is 5.42. The second-order valence-electron chi connectivity index (χ2n) is 9.11. The first-order valence-corrected chi connectivity index (χ1v) is 12.9. The largest absolute Gasteiger partial charge is 0.324 e. The molecule has 0 saturated carbocycles. The molecule has 6 heterocycles. The van der Waals surface area contributed by atoms with Gasteiger partial charge in [0.15, 0.2) is 5.65 Å². The van der Waals surface area contributed by atoms with Crippen LogP contribution in [0.3, 0.4) is 0 Å². The van der Waals surface area contributed by atoms with Crippen LogP contribution in [-0.2, 0) is 24.8 Å². The number of aryl methyl sites for hydroxylation is 2. The molecule has 13 heteroatoms. The second kappa shape index (κ2) is 9.76. The molecule has 1 aliphatic heterocycles. The van der Waals surface area contributed by atoms with Gasteiger partial charge in [-0.1, -0.05) is 0 Å². The Morgan fingerprint density at radius 3 is 2.84 bits per heavy atom. The first-order valence-electron chi connectivity index (χ1n) is 12.0. The van der Waals surface area contributed by atoms with E-state index in [2.05, 4.69) is 40.8 Å². The van der Waals surface area contributed by atoms with Crippen molar-refractivity contribution < 1.29 is 9.59 Å². The molecule has 6 rings (SSSR count). The molecule has 0 spiro atoms. The van der Waals surface area contributed by atoms with Gasteiger partial charge in [-0.2, -0.15) is 5.10 Å². The van der Waals surface area contributed by atoms with Gasteiger partial charge in [0.25, 0.3) is 5.91 Å². The Bertz CT molecular complexity index is 1670. The summed E-state index contributed by atoms with van der Waals surface area (Å²) < 4.78 is 3.34. The maximum atomic E-state index is 13.1. The predicted molar refractivity (Wildman–Crippen MR) is 142 cm³/mol. The number of thiazole rings is 1. The zero-order valence-electron chi connectivity index (χ0n) is 20.7. The van der Waals surface area contributed by atoms with Gasteiger partial charge >= 0.3 is 0 Å². The highest BCUT2D eigenvalue weighted by Crippen LogP contribution is 2.23. The first-order chi connectivity index (χ1) is 18.4. The third kappa shape index (κ3) is 4.76. The fraction of sp³-hybridized carbons (Fsp3) is 0.240. The molecule has 0 aliphatic carbocycles. The van der Waals surface area contributed by atoms with Gasteiger partial charge < -0.3 is 10.6 Å². The van der Waals surface area contributed by atoms with Gasteiger partial charge in [-0.25, -0.2) is 4.98 Å². The Labute approximate surface area is 221 Å². The van der Waals surface area contributed by atoms with Crippen molar-refractivity contribution in [2.75, 3.05) is 23.7 Å². The summed E-state index contributed by atoms with van der Waals surface area (Å²) in [6.07, 6.45) is 7.90. The van der Waals surface area contributed by atoms with E-state index in [1.807, 2.05) is 30.9 Å². The average Bonchev–Trinajstić information content (AvgIpc) is 3.64. The maximum absolute atomic E-state index is 13.1. The molecular formula is C25H24N10O2S. The third-order valence-corrected chi connectivity index (χ3v) is 7.33. The molecule has 5 aromatic rings. The van der Waals surface area contributed by atoms with Gasteiger partial charge in [-0.15, -0.1) is 21.5 Å². The van der Waals surface area contributed by atoms with Gasteiger partial charge in [0.05, 0.1) is 47.2 Å². The van der Waals surface area contributed by atoms with E-state index in [0.29, 0.717) is 29.3 Å². The second-order valence-corrected chi connectivity index (χ2v) is 10.1. The Balaban J connectivity index is 1.14. The van der Waals surface area contributed by atoms with E-state index in [1.165, 1.54) is 4.88 Å². The van der Waals surface area contributed by atoms with Crippen molar-refractivity contribution in [3.8, 4) is 11.1 Å². The number of nitrogens with zero attached hydrogens (tertiary/aromatic N) is 8. The van der Waals surface area contributed by atoms with E-state index in [0.717, 1.165) is 29.8 Å². The van der Waals surface area contributed by atoms with Gasteiger partial charge in [-0.05, 0) is 37.1 Å². The number of hydrogen-bond acceptors (Lipinski definition) is 9. The number of anilines is 2.